The summed E-state index contributed by atoms with van der Waals surface area (Å²) < 4.78 is 74.2. The van der Waals surface area contributed by atoms with E-state index in [0.717, 1.165) is 15.9 Å². The zero-order valence-electron chi connectivity index (χ0n) is 23.5. The maximum atomic E-state index is 14.3. The Labute approximate surface area is 270 Å². The van der Waals surface area contributed by atoms with Gasteiger partial charge >= 0.3 is 12.1 Å². The summed E-state index contributed by atoms with van der Waals surface area (Å²) in [5.41, 5.74) is -1.54. The van der Waals surface area contributed by atoms with Crippen LogP contribution < -0.4 is 24.4 Å². The molecule has 0 N–H and O–H groups in total. The molecule has 0 unspecified atom stereocenters. The summed E-state index contributed by atoms with van der Waals surface area (Å²) in [7, 11) is 1.42. The third-order valence-corrected chi connectivity index (χ3v) is 8.45. The third kappa shape index (κ3) is 6.85. The Bertz CT molecular complexity index is 1970. The van der Waals surface area contributed by atoms with Crippen molar-refractivity contribution < 1.29 is 36.6 Å². The number of benzene rings is 3. The summed E-state index contributed by atoms with van der Waals surface area (Å²) in [5.74, 6) is -0.975. The van der Waals surface area contributed by atoms with E-state index in [2.05, 4.69) is 20.9 Å². The summed E-state index contributed by atoms with van der Waals surface area (Å²) in [6.45, 7) is 1.39. The molecule has 7 nitrogen and oxygen atoms in total. The van der Waals surface area contributed by atoms with Gasteiger partial charge in [0.05, 0.1) is 34.3 Å². The van der Waals surface area contributed by atoms with Crippen LogP contribution >= 0.6 is 38.9 Å². The molecule has 234 valence electrons. The highest BCUT2D eigenvalue weighted by molar-refractivity contribution is 9.10. The molecule has 1 atom stereocenters. The van der Waals surface area contributed by atoms with Crippen LogP contribution in [0.2, 0.25) is 5.02 Å². The van der Waals surface area contributed by atoms with E-state index >= 15 is 0 Å². The lowest BCUT2D eigenvalue weighted by Gasteiger charge is -2.26. The molecule has 2 heterocycles. The Balaban J connectivity index is 1.63. The number of fused-ring (bicyclic) bond motifs is 1. The highest BCUT2D eigenvalue weighted by Gasteiger charge is 2.45. The van der Waals surface area contributed by atoms with Crippen molar-refractivity contribution in [3.63, 3.8) is 0 Å². The second kappa shape index (κ2) is 13.2. The molecular formula is C31H22BrClF4N2O5S. The van der Waals surface area contributed by atoms with Crippen LogP contribution in [0.15, 0.2) is 86.2 Å². The molecule has 45 heavy (non-hydrogen) atoms. The predicted molar refractivity (Wildman–Crippen MR) is 164 cm³/mol. The minimum Gasteiger partial charge on any atom is -0.493 e. The topological polar surface area (TPSA) is 79.1 Å². The van der Waals surface area contributed by atoms with Gasteiger partial charge in [0, 0.05) is 5.02 Å². The molecule has 3 aromatic carbocycles. The van der Waals surface area contributed by atoms with Crippen molar-refractivity contribution >= 4 is 50.9 Å². The molecule has 4 aromatic rings. The van der Waals surface area contributed by atoms with E-state index in [-0.39, 0.29) is 33.9 Å². The number of ether oxygens (including phenoxy) is 3. The van der Waals surface area contributed by atoms with E-state index in [4.69, 9.17) is 25.8 Å². The number of hydrogen-bond acceptors (Lipinski definition) is 7. The molecule has 1 aromatic heterocycles. The smallest absolute Gasteiger partial charge is 0.434 e. The van der Waals surface area contributed by atoms with Gasteiger partial charge in [-0.05, 0) is 82.0 Å². The molecule has 0 saturated heterocycles. The highest BCUT2D eigenvalue weighted by atomic mass is 79.9. The first-order valence-electron chi connectivity index (χ1n) is 13.2. The lowest BCUT2D eigenvalue weighted by atomic mass is 9.95. The van der Waals surface area contributed by atoms with Crippen molar-refractivity contribution in [1.82, 2.24) is 4.57 Å². The van der Waals surface area contributed by atoms with Gasteiger partial charge < -0.3 is 14.2 Å². The van der Waals surface area contributed by atoms with Crippen LogP contribution in [0, 0.1) is 5.82 Å². The molecule has 0 bridgehead atoms. The number of carbonyl (C=O) groups excluding carboxylic acids is 1. The second-order valence-electron chi connectivity index (χ2n) is 9.56. The van der Waals surface area contributed by atoms with Crippen molar-refractivity contribution in [2.24, 2.45) is 4.99 Å². The lowest BCUT2D eigenvalue weighted by Crippen LogP contribution is -2.41. The van der Waals surface area contributed by atoms with Gasteiger partial charge in [-0.25, -0.2) is 14.2 Å². The Morgan fingerprint density at radius 1 is 1.13 bits per heavy atom. The number of allylic oxidation sites excluding steroid dienone is 1. The fraction of sp³-hybridized carbons (Fsp3) is 0.194. The lowest BCUT2D eigenvalue weighted by molar-refractivity contribution is -0.140. The molecule has 0 aliphatic carbocycles. The number of rotatable bonds is 8. The summed E-state index contributed by atoms with van der Waals surface area (Å²) in [4.78, 5) is 30.3. The first-order chi connectivity index (χ1) is 21.4. The quantitative estimate of drug-likeness (QED) is 0.154. The molecule has 1 aliphatic rings. The number of methoxy groups -OCH3 is 1. The van der Waals surface area contributed by atoms with E-state index in [0.29, 0.717) is 32.1 Å². The number of alkyl halides is 3. The summed E-state index contributed by atoms with van der Waals surface area (Å²) in [6, 6.07) is 13.3. The monoisotopic (exact) mass is 724 g/mol. The van der Waals surface area contributed by atoms with Crippen LogP contribution in [-0.2, 0) is 16.1 Å². The van der Waals surface area contributed by atoms with Gasteiger partial charge in [-0.1, -0.05) is 47.2 Å². The van der Waals surface area contributed by atoms with E-state index in [9.17, 15) is 27.2 Å². The molecule has 0 radical (unpaired) electrons. The highest BCUT2D eigenvalue weighted by Crippen LogP contribution is 2.39. The molecule has 0 fully saturated rings. The van der Waals surface area contributed by atoms with Gasteiger partial charge in [-0.3, -0.25) is 9.36 Å². The standard InChI is InChI=1S/C31H22BrClF4N2O5S/c1-3-43-29(41)24-25(18-6-8-19(33)9-7-18)39-28(40)23(45-30(39)38-27(24)31(35,36)37)14-17-12-21(32)26(22(13-17)42-2)44-15-16-4-10-20(34)11-5-16/h4-14,25H,3,15H2,1-2H3/b23-14-/t25-/m1/s1. The zero-order valence-corrected chi connectivity index (χ0v) is 26.6. The second-order valence-corrected chi connectivity index (χ2v) is 11.9. The molecular weight excluding hydrogens is 704 g/mol. The van der Waals surface area contributed by atoms with Gasteiger partial charge in [0.15, 0.2) is 22.0 Å². The van der Waals surface area contributed by atoms with Gasteiger partial charge in [-0.15, -0.1) is 0 Å². The van der Waals surface area contributed by atoms with Crippen LogP contribution in [0.4, 0.5) is 17.6 Å². The molecule has 0 amide bonds. The number of thiazole rings is 1. The number of esters is 1. The van der Waals surface area contributed by atoms with Crippen molar-refractivity contribution in [2.75, 3.05) is 13.7 Å². The maximum absolute atomic E-state index is 14.3. The minimum atomic E-state index is -5.02. The number of carbonyl (C=O) groups is 1. The summed E-state index contributed by atoms with van der Waals surface area (Å²) in [6.07, 6.45) is -3.55. The Morgan fingerprint density at radius 3 is 2.44 bits per heavy atom. The molecule has 1 aliphatic heterocycles. The average molecular weight is 726 g/mol. The van der Waals surface area contributed by atoms with Crippen molar-refractivity contribution in [3.05, 3.63) is 124 Å². The van der Waals surface area contributed by atoms with E-state index < -0.39 is 35.0 Å². The van der Waals surface area contributed by atoms with Crippen molar-refractivity contribution in [3.8, 4) is 11.5 Å². The zero-order chi connectivity index (χ0) is 32.5. The number of halogens is 6. The first-order valence-corrected chi connectivity index (χ1v) is 15.2. The largest absolute Gasteiger partial charge is 0.493 e. The number of nitrogens with zero attached hydrogens (tertiary/aromatic N) is 2. The Kier molecular flexibility index (Phi) is 9.52. The Morgan fingerprint density at radius 2 is 1.82 bits per heavy atom. The molecule has 0 saturated carbocycles. The molecule has 5 rings (SSSR count). The first kappa shape index (κ1) is 32.5. The number of aromatic nitrogens is 1. The van der Waals surface area contributed by atoms with E-state index in [1.165, 1.54) is 56.5 Å². The fourth-order valence-electron chi connectivity index (χ4n) is 4.65. The van der Waals surface area contributed by atoms with E-state index in [1.54, 1.807) is 24.3 Å². The van der Waals surface area contributed by atoms with Crippen LogP contribution in [0.3, 0.4) is 0 Å². The number of hydrogen-bond donors (Lipinski definition) is 0. The molecule has 0 spiro atoms. The van der Waals surface area contributed by atoms with Crippen molar-refractivity contribution in [2.45, 2.75) is 25.7 Å². The third-order valence-electron chi connectivity index (χ3n) is 6.63. The van der Waals surface area contributed by atoms with Gasteiger partial charge in [0.2, 0.25) is 0 Å². The maximum Gasteiger partial charge on any atom is 0.434 e. The van der Waals surface area contributed by atoms with Crippen molar-refractivity contribution in [1.29, 1.82) is 0 Å². The van der Waals surface area contributed by atoms with Crippen LogP contribution in [0.1, 0.15) is 29.7 Å². The fourth-order valence-corrected chi connectivity index (χ4v) is 6.35. The Hall–Kier alpha value is -3.94. The molecule has 14 heteroatoms. The normalized spacial score (nSPS) is 15.0. The minimum absolute atomic E-state index is 0.0493. The SMILES string of the molecule is CCOC(=O)C1=C(C(F)(F)F)N=c2s/c(=C\c3cc(Br)c(OCc4ccc(F)cc4)c(OC)c3)c(=O)n2[C@@H]1c1ccc(Cl)cc1. The average Bonchev–Trinajstić information content (AvgIpc) is 3.30. The van der Waals surface area contributed by atoms with Gasteiger partial charge in [0.25, 0.3) is 5.56 Å². The predicted octanol–water partition coefficient (Wildman–Crippen LogP) is 6.48. The summed E-state index contributed by atoms with van der Waals surface area (Å²) in [5, 5.41) is 0.313. The van der Waals surface area contributed by atoms with Crippen LogP contribution in [0.25, 0.3) is 6.08 Å². The van der Waals surface area contributed by atoms with Crippen LogP contribution in [0.5, 0.6) is 11.5 Å². The van der Waals surface area contributed by atoms with E-state index in [1.807, 2.05) is 0 Å². The van der Waals surface area contributed by atoms with Gasteiger partial charge in [-0.2, -0.15) is 13.2 Å². The van der Waals surface area contributed by atoms with Crippen LogP contribution in [-0.4, -0.2) is 30.4 Å². The van der Waals surface area contributed by atoms with Gasteiger partial charge in [0.1, 0.15) is 12.4 Å². The summed E-state index contributed by atoms with van der Waals surface area (Å²) >= 11 is 10.2.